The zero-order valence-corrected chi connectivity index (χ0v) is 17.7. The van der Waals surface area contributed by atoms with Crippen LogP contribution >= 0.6 is 0 Å². The van der Waals surface area contributed by atoms with Gasteiger partial charge in [0.2, 0.25) is 8.24 Å². The number of nitrogens with one attached hydrogen (secondary N) is 1. The van der Waals surface area contributed by atoms with Crippen molar-refractivity contribution in [1.29, 1.82) is 0 Å². The van der Waals surface area contributed by atoms with Gasteiger partial charge in [0.1, 0.15) is 0 Å². The molecule has 0 fully saturated rings. The second-order valence-corrected chi connectivity index (χ2v) is 12.4. The molecule has 1 aliphatic carbocycles. The number of hydrogen-bond acceptors (Lipinski definition) is 1. The highest BCUT2D eigenvalue weighted by atomic mass is 28.3. The Morgan fingerprint density at radius 3 is 1.54 bits per heavy atom. The van der Waals surface area contributed by atoms with E-state index < -0.39 is 8.24 Å². The van der Waals surface area contributed by atoms with Crippen LogP contribution in [0.4, 0.5) is 0 Å². The van der Waals surface area contributed by atoms with Gasteiger partial charge < -0.3 is 4.98 Å². The Kier molecular flexibility index (Phi) is 5.09. The molecule has 0 amide bonds. The average Bonchev–Trinajstić information content (AvgIpc) is 3.12. The third-order valence-electron chi connectivity index (χ3n) is 5.44. The van der Waals surface area contributed by atoms with Crippen LogP contribution in [0.1, 0.15) is 34.6 Å². The summed E-state index contributed by atoms with van der Waals surface area (Å²) in [6, 6.07) is 22.2. The molecular formula is C24H31NSi. The van der Waals surface area contributed by atoms with E-state index in [0.29, 0.717) is 5.92 Å². The van der Waals surface area contributed by atoms with Crippen LogP contribution in [0.15, 0.2) is 85.0 Å². The molecule has 2 aromatic rings. The molecule has 0 radical (unpaired) electrons. The second kappa shape index (κ2) is 7.01. The first-order valence-corrected chi connectivity index (χ1v) is 11.6. The Morgan fingerprint density at radius 1 is 0.769 bits per heavy atom. The topological polar surface area (TPSA) is 12.0 Å². The zero-order valence-electron chi connectivity index (χ0n) is 16.7. The molecule has 1 nitrogen and oxygen atoms in total. The van der Waals surface area contributed by atoms with Gasteiger partial charge >= 0.3 is 0 Å². The Hall–Kier alpha value is -1.90. The van der Waals surface area contributed by atoms with Gasteiger partial charge in [-0.2, -0.15) is 0 Å². The molecule has 2 heteroatoms. The highest BCUT2D eigenvalue weighted by Gasteiger charge is 2.57. The molecule has 0 unspecified atom stereocenters. The number of rotatable bonds is 5. The van der Waals surface area contributed by atoms with Crippen LogP contribution in [0.3, 0.4) is 0 Å². The van der Waals surface area contributed by atoms with Crippen molar-refractivity contribution in [2.24, 2.45) is 5.92 Å². The van der Waals surface area contributed by atoms with Crippen molar-refractivity contribution in [1.82, 2.24) is 4.98 Å². The van der Waals surface area contributed by atoms with Gasteiger partial charge in [-0.15, -0.1) is 0 Å². The summed E-state index contributed by atoms with van der Waals surface area (Å²) < 4.78 is 0. The summed E-state index contributed by atoms with van der Waals surface area (Å²) in [6.07, 6.45) is 9.36. The van der Waals surface area contributed by atoms with Crippen LogP contribution in [-0.4, -0.2) is 13.8 Å². The summed E-state index contributed by atoms with van der Waals surface area (Å²) in [5.41, 5.74) is 0.00403. The molecule has 2 aromatic carbocycles. The molecule has 1 aliphatic rings. The van der Waals surface area contributed by atoms with Crippen molar-refractivity contribution >= 4 is 18.6 Å². The van der Waals surface area contributed by atoms with Gasteiger partial charge in [0, 0.05) is 10.6 Å². The maximum absolute atomic E-state index is 4.20. The molecule has 0 saturated heterocycles. The third kappa shape index (κ3) is 3.13. The Labute approximate surface area is 159 Å². The smallest absolute Gasteiger partial charge is 0.204 e. The van der Waals surface area contributed by atoms with Gasteiger partial charge in [0.25, 0.3) is 0 Å². The van der Waals surface area contributed by atoms with E-state index in [1.165, 1.54) is 10.4 Å². The monoisotopic (exact) mass is 361 g/mol. The van der Waals surface area contributed by atoms with Crippen LogP contribution in [0.25, 0.3) is 0 Å². The first-order valence-electron chi connectivity index (χ1n) is 9.59. The van der Waals surface area contributed by atoms with Crippen molar-refractivity contribution in [3.8, 4) is 0 Å². The summed E-state index contributed by atoms with van der Waals surface area (Å²) in [5.74, 6) is 0.486. The fourth-order valence-corrected chi connectivity index (χ4v) is 10.3. The van der Waals surface area contributed by atoms with Crippen LogP contribution in [0, 0.1) is 5.92 Å². The molecule has 0 aliphatic heterocycles. The SMILES string of the molecule is CC(C)C1([Si](NC(C)(C)C)(c2ccccc2)c2ccccc2)C=CC=C1. The number of hydrogen-bond donors (Lipinski definition) is 1. The van der Waals surface area contributed by atoms with E-state index in [0.717, 1.165) is 0 Å². The van der Waals surface area contributed by atoms with Crippen molar-refractivity contribution in [3.63, 3.8) is 0 Å². The molecule has 0 atom stereocenters. The summed E-state index contributed by atoms with van der Waals surface area (Å²) in [6.45, 7) is 11.6. The number of benzene rings is 2. The molecule has 136 valence electrons. The minimum absolute atomic E-state index is 0.00403. The summed E-state index contributed by atoms with van der Waals surface area (Å²) in [7, 11) is -2.39. The van der Waals surface area contributed by atoms with Gasteiger partial charge in [0.15, 0.2) is 0 Å². The van der Waals surface area contributed by atoms with E-state index >= 15 is 0 Å². The fourth-order valence-electron chi connectivity index (χ4n) is 4.41. The lowest BCUT2D eigenvalue weighted by molar-refractivity contribution is 0.482. The minimum Gasteiger partial charge on any atom is -0.325 e. The number of allylic oxidation sites excluding steroid dienone is 4. The van der Waals surface area contributed by atoms with Crippen molar-refractivity contribution < 1.29 is 0 Å². The second-order valence-electron chi connectivity index (χ2n) is 8.66. The van der Waals surface area contributed by atoms with E-state index in [1.807, 2.05) is 0 Å². The van der Waals surface area contributed by atoms with Crippen LogP contribution < -0.4 is 15.4 Å². The van der Waals surface area contributed by atoms with Crippen LogP contribution in [-0.2, 0) is 0 Å². The molecule has 3 rings (SSSR count). The van der Waals surface area contributed by atoms with E-state index in [1.54, 1.807) is 0 Å². The van der Waals surface area contributed by atoms with E-state index in [9.17, 15) is 0 Å². The van der Waals surface area contributed by atoms with Gasteiger partial charge in [-0.1, -0.05) is 98.8 Å². The van der Waals surface area contributed by atoms with Gasteiger partial charge in [-0.25, -0.2) is 0 Å². The van der Waals surface area contributed by atoms with E-state index in [4.69, 9.17) is 0 Å². The van der Waals surface area contributed by atoms with Crippen LogP contribution in [0.5, 0.6) is 0 Å². The normalized spacial score (nSPS) is 16.4. The predicted molar refractivity (Wildman–Crippen MR) is 117 cm³/mol. The molecular weight excluding hydrogens is 330 g/mol. The fraction of sp³-hybridized carbons (Fsp3) is 0.333. The first kappa shape index (κ1) is 18.9. The zero-order chi connectivity index (χ0) is 18.8. The average molecular weight is 362 g/mol. The highest BCUT2D eigenvalue weighted by Crippen LogP contribution is 2.49. The standard InChI is InChI=1S/C24H31NSi/c1-20(2)24(18-12-13-19-24)26(25-23(3,4)5,21-14-8-6-9-15-21)22-16-10-7-11-17-22/h6-20,25H,1-5H3. The van der Waals surface area contributed by atoms with Gasteiger partial charge in [0.05, 0.1) is 0 Å². The lowest BCUT2D eigenvalue weighted by Crippen LogP contribution is -2.78. The lowest BCUT2D eigenvalue weighted by atomic mass is 9.96. The van der Waals surface area contributed by atoms with E-state index in [-0.39, 0.29) is 10.6 Å². The maximum Gasteiger partial charge on any atom is 0.204 e. The van der Waals surface area contributed by atoms with Crippen LogP contribution in [0.2, 0.25) is 5.04 Å². The molecule has 0 aromatic heterocycles. The Balaban J connectivity index is 2.40. The van der Waals surface area contributed by atoms with Crippen molar-refractivity contribution in [3.05, 3.63) is 85.0 Å². The molecule has 1 N–H and O–H groups in total. The maximum atomic E-state index is 4.20. The molecule has 0 saturated carbocycles. The molecule has 26 heavy (non-hydrogen) atoms. The molecule has 0 spiro atoms. The predicted octanol–water partition coefficient (Wildman–Crippen LogP) is 4.66. The Bertz CT molecular complexity index is 730. The summed E-state index contributed by atoms with van der Waals surface area (Å²) in [4.78, 5) is 4.20. The van der Waals surface area contributed by atoms with Crippen molar-refractivity contribution in [2.75, 3.05) is 0 Å². The third-order valence-corrected chi connectivity index (χ3v) is 11.2. The Morgan fingerprint density at radius 2 is 1.19 bits per heavy atom. The highest BCUT2D eigenvalue weighted by molar-refractivity contribution is 7.03. The first-order chi connectivity index (χ1) is 12.3. The minimum atomic E-state index is -2.39. The van der Waals surface area contributed by atoms with Gasteiger partial charge in [-0.3, -0.25) is 0 Å². The van der Waals surface area contributed by atoms with Crippen molar-refractivity contribution in [2.45, 2.75) is 45.2 Å². The molecule has 0 heterocycles. The molecule has 0 bridgehead atoms. The summed E-state index contributed by atoms with van der Waals surface area (Å²) in [5, 5.41) is 2.86. The largest absolute Gasteiger partial charge is 0.325 e. The summed E-state index contributed by atoms with van der Waals surface area (Å²) >= 11 is 0. The van der Waals surface area contributed by atoms with Gasteiger partial charge in [-0.05, 0) is 37.1 Å². The quantitative estimate of drug-likeness (QED) is 0.764. The van der Waals surface area contributed by atoms with E-state index in [2.05, 4.69) is 125 Å². The lowest BCUT2D eigenvalue weighted by Gasteiger charge is -2.51.